The molecule has 3 nitrogen and oxygen atoms in total. The zero-order chi connectivity index (χ0) is 7.84. The molecule has 0 N–H and O–H groups in total. The number of halogens is 2. The molecule has 0 saturated carbocycles. The van der Waals surface area contributed by atoms with E-state index in [0.29, 0.717) is 5.15 Å². The topological polar surface area (TPSA) is 30.2 Å². The summed E-state index contributed by atoms with van der Waals surface area (Å²) >= 11 is 7.63. The van der Waals surface area contributed by atoms with Gasteiger partial charge in [-0.15, -0.1) is 0 Å². The molecule has 2 aromatic heterocycles. The van der Waals surface area contributed by atoms with Gasteiger partial charge < -0.3 is 12.4 Å². The quantitative estimate of drug-likeness (QED) is 0.348. The van der Waals surface area contributed by atoms with Gasteiger partial charge in [-0.2, -0.15) is 0 Å². The van der Waals surface area contributed by atoms with Crippen LogP contribution in [0.15, 0.2) is 18.5 Å². The maximum atomic E-state index is 5.86. The van der Waals surface area contributed by atoms with Crippen molar-refractivity contribution in [2.75, 3.05) is 0 Å². The van der Waals surface area contributed by atoms with E-state index in [4.69, 9.17) is 11.6 Å². The molecule has 0 aliphatic rings. The summed E-state index contributed by atoms with van der Waals surface area (Å²) in [4.78, 5) is 0. The second-order valence-corrected chi connectivity index (χ2v) is 3.35. The van der Waals surface area contributed by atoms with Gasteiger partial charge in [-0.1, -0.05) is 0 Å². The zero-order valence-electron chi connectivity index (χ0n) is 6.04. The summed E-state index contributed by atoms with van der Waals surface area (Å²) in [5.74, 6) is 0. The Morgan fingerprint density at radius 1 is 1.42 bits per heavy atom. The number of nitrogens with zero attached hydrogens (tertiary/aromatic N) is 3. The average Bonchev–Trinajstić information content (AvgIpc) is 2.45. The molecule has 0 fully saturated rings. The Kier molecular flexibility index (Phi) is 3.17. The molecular formula is C6H3Cl2MgN3. The zero-order valence-corrected chi connectivity index (χ0v) is 8.96. The Labute approximate surface area is 93.0 Å². The van der Waals surface area contributed by atoms with Crippen LogP contribution in [0.4, 0.5) is 0 Å². The first-order chi connectivity index (χ1) is 5.29. The van der Waals surface area contributed by atoms with Crippen molar-refractivity contribution in [3.05, 3.63) is 23.6 Å². The van der Waals surface area contributed by atoms with Crippen LogP contribution >= 0.6 is 11.6 Å². The van der Waals surface area contributed by atoms with Gasteiger partial charge in [0.15, 0.2) is 0 Å². The first kappa shape index (κ1) is 10.0. The maximum absolute atomic E-state index is 5.86. The Morgan fingerprint density at radius 3 is 2.83 bits per heavy atom. The molecule has 0 radical (unpaired) electrons. The molecule has 0 bridgehead atoms. The number of fused-ring (bicyclic) bond motifs is 1. The van der Waals surface area contributed by atoms with Crippen molar-refractivity contribution in [1.29, 1.82) is 0 Å². The number of hydrogen-bond donors (Lipinski definition) is 0. The molecule has 0 aromatic carbocycles. The fourth-order valence-electron chi connectivity index (χ4n) is 0.934. The molecule has 2 aromatic rings. The Bertz CT molecular complexity index is 365. The van der Waals surface area contributed by atoms with Crippen LogP contribution in [-0.2, 0) is 0 Å². The number of rotatable bonds is 0. The molecular weight excluding hydrogens is 209 g/mol. The number of aromatic nitrogens is 3. The van der Waals surface area contributed by atoms with Gasteiger partial charge in [0.25, 0.3) is 0 Å². The molecule has 2 rings (SSSR count). The first-order valence-electron chi connectivity index (χ1n) is 3.09. The molecule has 58 valence electrons. The fourth-order valence-corrected chi connectivity index (χ4v) is 1.48. The van der Waals surface area contributed by atoms with Crippen molar-refractivity contribution in [1.82, 2.24) is 14.6 Å². The average molecular weight is 212 g/mol. The van der Waals surface area contributed by atoms with Gasteiger partial charge in [-0.05, 0) is 0 Å². The van der Waals surface area contributed by atoms with Crippen molar-refractivity contribution in [3.8, 4) is 0 Å². The van der Waals surface area contributed by atoms with E-state index in [1.165, 1.54) is 0 Å². The van der Waals surface area contributed by atoms with Crippen molar-refractivity contribution in [3.63, 3.8) is 0 Å². The van der Waals surface area contributed by atoms with Gasteiger partial charge in [-0.25, -0.2) is 0 Å². The van der Waals surface area contributed by atoms with E-state index in [-0.39, 0.29) is 12.4 Å². The third-order valence-electron chi connectivity index (χ3n) is 1.49. The van der Waals surface area contributed by atoms with E-state index in [0.717, 1.165) is 9.34 Å². The molecule has 0 atom stereocenters. The Balaban J connectivity index is 0.000000720. The molecule has 12 heavy (non-hydrogen) atoms. The third kappa shape index (κ3) is 1.52. The predicted octanol–water partition coefficient (Wildman–Crippen LogP) is -2.82. The number of hydrogen-bond acceptors (Lipinski definition) is 2. The number of pyridine rings is 1. The third-order valence-corrected chi connectivity index (χ3v) is 2.35. The van der Waals surface area contributed by atoms with E-state index in [1.807, 2.05) is 12.1 Å². The molecule has 0 aliphatic heterocycles. The van der Waals surface area contributed by atoms with Gasteiger partial charge in [0.05, 0.1) is 0 Å². The van der Waals surface area contributed by atoms with Gasteiger partial charge in [0.2, 0.25) is 0 Å². The molecule has 0 amide bonds. The van der Waals surface area contributed by atoms with Crippen LogP contribution in [0.3, 0.4) is 0 Å². The summed E-state index contributed by atoms with van der Waals surface area (Å²) in [5, 5.41) is 8.31. The summed E-state index contributed by atoms with van der Waals surface area (Å²) in [6, 6.07) is 3.77. The molecule has 2 heterocycles. The molecule has 0 aliphatic carbocycles. The van der Waals surface area contributed by atoms with Gasteiger partial charge in [0.1, 0.15) is 0 Å². The normalized spacial score (nSPS) is 9.92. The molecule has 0 spiro atoms. The Morgan fingerprint density at radius 2 is 2.17 bits per heavy atom. The van der Waals surface area contributed by atoms with Crippen LogP contribution in [0.25, 0.3) is 5.65 Å². The summed E-state index contributed by atoms with van der Waals surface area (Å²) in [7, 11) is 0. The standard InChI is InChI=1S/C6H3ClN3.ClH.Mg/c7-5-2-1-3-6-9-8-4-10(5)6;;/h1-2,4H;1H;/q;;+1/p-1. The van der Waals surface area contributed by atoms with Gasteiger partial charge in [-0.3, -0.25) is 0 Å². The minimum absolute atomic E-state index is 0. The van der Waals surface area contributed by atoms with Crippen LogP contribution in [-0.4, -0.2) is 36.3 Å². The first-order valence-corrected chi connectivity index (χ1v) is 4.18. The van der Waals surface area contributed by atoms with Crippen LogP contribution in [0.1, 0.15) is 0 Å². The summed E-state index contributed by atoms with van der Waals surface area (Å²) in [6.07, 6.45) is 1.61. The second kappa shape index (κ2) is 3.78. The van der Waals surface area contributed by atoms with Crippen molar-refractivity contribution >= 4 is 42.6 Å². The summed E-state index contributed by atoms with van der Waals surface area (Å²) in [5.41, 5.74) is 0.829. The fraction of sp³-hybridized carbons (Fsp3) is 0. The van der Waals surface area contributed by atoms with E-state index in [1.54, 1.807) is 32.4 Å². The van der Waals surface area contributed by atoms with Crippen LogP contribution in [0.5, 0.6) is 0 Å². The van der Waals surface area contributed by atoms with Crippen LogP contribution < -0.4 is 16.1 Å². The van der Waals surface area contributed by atoms with E-state index >= 15 is 0 Å². The van der Waals surface area contributed by atoms with Crippen molar-refractivity contribution < 1.29 is 12.4 Å². The Hall–Kier alpha value is -0.0338. The molecule has 6 heteroatoms. The van der Waals surface area contributed by atoms with Gasteiger partial charge >= 0.3 is 80.9 Å². The van der Waals surface area contributed by atoms with E-state index < -0.39 is 0 Å². The van der Waals surface area contributed by atoms with Crippen LogP contribution in [0.2, 0.25) is 5.15 Å². The predicted molar refractivity (Wildman–Crippen MR) is 43.4 cm³/mol. The monoisotopic (exact) mass is 211 g/mol. The minimum atomic E-state index is 0. The summed E-state index contributed by atoms with van der Waals surface area (Å²) < 4.78 is 2.86. The summed E-state index contributed by atoms with van der Waals surface area (Å²) in [6.45, 7) is 0. The SMILES string of the molecule is [Cl-].[Mg+][c]1ccc(Cl)n2cnnc12. The van der Waals surface area contributed by atoms with E-state index in [9.17, 15) is 0 Å². The van der Waals surface area contributed by atoms with E-state index in [2.05, 4.69) is 10.2 Å². The van der Waals surface area contributed by atoms with Gasteiger partial charge in [0, 0.05) is 0 Å². The second-order valence-electron chi connectivity index (χ2n) is 2.21. The molecule has 0 unspecified atom stereocenters. The van der Waals surface area contributed by atoms with Crippen LogP contribution in [0, 0.1) is 0 Å². The molecule has 0 saturated heterocycles. The van der Waals surface area contributed by atoms with Crippen molar-refractivity contribution in [2.45, 2.75) is 0 Å². The van der Waals surface area contributed by atoms with Crippen molar-refractivity contribution in [2.24, 2.45) is 0 Å².